The first-order chi connectivity index (χ1) is 5.40. The Kier molecular flexibility index (Phi) is 1.98. The molecule has 0 amide bonds. The van der Waals surface area contributed by atoms with E-state index in [1.807, 2.05) is 18.2 Å². The molecule has 1 aliphatic rings. The van der Waals surface area contributed by atoms with E-state index in [0.717, 1.165) is 16.9 Å². The van der Waals surface area contributed by atoms with Gasteiger partial charge in [-0.15, -0.1) is 0 Å². The average Bonchev–Trinajstić information content (AvgIpc) is 2.46. The molecule has 0 bridgehead atoms. The van der Waals surface area contributed by atoms with E-state index in [4.69, 9.17) is 4.74 Å². The largest absolute Gasteiger partial charge is 0.433 e. The summed E-state index contributed by atoms with van der Waals surface area (Å²) in [5, 5.41) is 0. The van der Waals surface area contributed by atoms with Gasteiger partial charge in [0, 0.05) is 10.5 Å². The monoisotopic (exact) mass is 262 g/mol. The van der Waals surface area contributed by atoms with Gasteiger partial charge in [-0.3, -0.25) is 0 Å². The van der Waals surface area contributed by atoms with Crippen molar-refractivity contribution in [3.8, 4) is 5.88 Å². The van der Waals surface area contributed by atoms with Crippen molar-refractivity contribution in [3.05, 3.63) is 24.4 Å². The second-order valence-corrected chi connectivity index (χ2v) is 3.47. The van der Waals surface area contributed by atoms with Gasteiger partial charge in [-0.25, -0.2) is 0 Å². The van der Waals surface area contributed by atoms with E-state index in [-0.39, 0.29) is 0 Å². The number of hydrogen-bond acceptors (Lipinski definition) is 1. The van der Waals surface area contributed by atoms with Gasteiger partial charge in [0.15, 0.2) is 18.8 Å². The van der Waals surface area contributed by atoms with Crippen molar-refractivity contribution < 1.29 is 9.30 Å². The number of ether oxygens (including phenoxy) is 1. The highest BCUT2D eigenvalue weighted by atomic mass is 127. The number of nitrogens with zero attached hydrogens (tertiary/aromatic N) is 1. The van der Waals surface area contributed by atoms with Crippen LogP contribution in [0.4, 0.5) is 0 Å². The summed E-state index contributed by atoms with van der Waals surface area (Å²) in [6.45, 7) is 0.999. The van der Waals surface area contributed by atoms with Crippen LogP contribution in [-0.2, 0) is 6.54 Å². The number of halogens is 1. The molecular weight excluding hydrogens is 253 g/mol. The number of rotatable bonds is 1. The van der Waals surface area contributed by atoms with Crippen molar-refractivity contribution in [1.82, 2.24) is 0 Å². The third-order valence-electron chi connectivity index (χ3n) is 1.76. The summed E-state index contributed by atoms with van der Waals surface area (Å²) >= 11 is 2.35. The second kappa shape index (κ2) is 2.97. The van der Waals surface area contributed by atoms with E-state index in [2.05, 4.69) is 33.4 Å². The SMILES string of the molecule is IC[C@H]1C[n+]2ccccc2O1. The molecule has 2 heterocycles. The normalized spacial score (nSPS) is 21.0. The minimum absolute atomic E-state index is 0.373. The van der Waals surface area contributed by atoms with Crippen LogP contribution in [-0.4, -0.2) is 10.5 Å². The molecule has 11 heavy (non-hydrogen) atoms. The first-order valence-electron chi connectivity index (χ1n) is 3.61. The molecule has 0 saturated heterocycles. The first kappa shape index (κ1) is 7.34. The molecule has 0 aromatic carbocycles. The van der Waals surface area contributed by atoms with Crippen molar-refractivity contribution in [2.24, 2.45) is 0 Å². The third kappa shape index (κ3) is 1.34. The number of aromatic nitrogens is 1. The van der Waals surface area contributed by atoms with Gasteiger partial charge < -0.3 is 4.74 Å². The zero-order chi connectivity index (χ0) is 7.68. The highest BCUT2D eigenvalue weighted by Gasteiger charge is 2.27. The van der Waals surface area contributed by atoms with Crippen molar-refractivity contribution in [2.75, 3.05) is 4.43 Å². The summed E-state index contributed by atoms with van der Waals surface area (Å²) in [6, 6.07) is 6.04. The van der Waals surface area contributed by atoms with E-state index in [9.17, 15) is 0 Å². The van der Waals surface area contributed by atoms with Crippen LogP contribution in [0.5, 0.6) is 5.88 Å². The number of fused-ring (bicyclic) bond motifs is 1. The summed E-state index contributed by atoms with van der Waals surface area (Å²) < 4.78 is 8.81. The first-order valence-corrected chi connectivity index (χ1v) is 5.14. The van der Waals surface area contributed by atoms with Crippen molar-refractivity contribution >= 4 is 22.6 Å². The summed E-state index contributed by atoms with van der Waals surface area (Å²) in [5.74, 6) is 0.995. The molecular formula is C8H9INO+. The van der Waals surface area contributed by atoms with Crippen molar-refractivity contribution in [3.63, 3.8) is 0 Å². The van der Waals surface area contributed by atoms with Crippen LogP contribution in [0.3, 0.4) is 0 Å². The van der Waals surface area contributed by atoms with Gasteiger partial charge >= 0.3 is 5.88 Å². The molecule has 3 heteroatoms. The van der Waals surface area contributed by atoms with Crippen LogP contribution < -0.4 is 9.30 Å². The van der Waals surface area contributed by atoms with Gasteiger partial charge in [0.2, 0.25) is 0 Å². The summed E-state index contributed by atoms with van der Waals surface area (Å²) in [6.07, 6.45) is 2.43. The maximum absolute atomic E-state index is 5.61. The Morgan fingerprint density at radius 1 is 1.64 bits per heavy atom. The number of alkyl halides is 1. The van der Waals surface area contributed by atoms with E-state index >= 15 is 0 Å². The minimum atomic E-state index is 0.373. The Morgan fingerprint density at radius 3 is 3.27 bits per heavy atom. The van der Waals surface area contributed by atoms with Crippen molar-refractivity contribution in [1.29, 1.82) is 0 Å². The zero-order valence-corrected chi connectivity index (χ0v) is 8.19. The Labute approximate surface area is 79.3 Å². The molecule has 2 rings (SSSR count). The quantitative estimate of drug-likeness (QED) is 0.420. The topological polar surface area (TPSA) is 13.1 Å². The van der Waals surface area contributed by atoms with E-state index < -0.39 is 0 Å². The van der Waals surface area contributed by atoms with E-state index in [0.29, 0.717) is 6.10 Å². The molecule has 58 valence electrons. The molecule has 2 nitrogen and oxygen atoms in total. The van der Waals surface area contributed by atoms with Gasteiger partial charge in [0.25, 0.3) is 0 Å². The molecule has 0 aliphatic carbocycles. The van der Waals surface area contributed by atoms with Crippen LogP contribution in [0.1, 0.15) is 0 Å². The zero-order valence-electron chi connectivity index (χ0n) is 6.03. The fourth-order valence-electron chi connectivity index (χ4n) is 1.23. The fraction of sp³-hybridized carbons (Fsp3) is 0.375. The summed E-state index contributed by atoms with van der Waals surface area (Å²) in [5.41, 5.74) is 0. The van der Waals surface area contributed by atoms with Gasteiger partial charge in [0.05, 0.1) is 6.07 Å². The van der Waals surface area contributed by atoms with Crippen molar-refractivity contribution in [2.45, 2.75) is 12.6 Å². The molecule has 1 aromatic rings. The lowest BCUT2D eigenvalue weighted by molar-refractivity contribution is -0.681. The molecule has 1 atom stereocenters. The van der Waals surface area contributed by atoms with Gasteiger partial charge in [-0.1, -0.05) is 22.6 Å². The highest BCUT2D eigenvalue weighted by Crippen LogP contribution is 2.13. The Bertz CT molecular complexity index is 239. The highest BCUT2D eigenvalue weighted by molar-refractivity contribution is 14.1. The summed E-state index contributed by atoms with van der Waals surface area (Å²) in [4.78, 5) is 0. The predicted octanol–water partition coefficient (Wildman–Crippen LogP) is 1.17. The molecule has 0 radical (unpaired) electrons. The smallest absolute Gasteiger partial charge is 0.368 e. The maximum atomic E-state index is 5.61. The molecule has 1 aromatic heterocycles. The standard InChI is InChI=1S/C8H9INO/c9-5-7-6-10-4-2-1-3-8(10)11-7/h1-4,7H,5-6H2/q+1/t7-/m0/s1. The molecule has 0 unspecified atom stereocenters. The van der Waals surface area contributed by atoms with Crippen LogP contribution in [0.2, 0.25) is 0 Å². The lowest BCUT2D eigenvalue weighted by atomic mass is 10.4. The molecule has 0 spiro atoms. The molecule has 1 aliphatic heterocycles. The Hall–Kier alpha value is -0.320. The second-order valence-electron chi connectivity index (χ2n) is 2.59. The third-order valence-corrected chi connectivity index (χ3v) is 2.74. The van der Waals surface area contributed by atoms with Crippen LogP contribution in [0, 0.1) is 0 Å². The van der Waals surface area contributed by atoms with Gasteiger partial charge in [-0.05, 0) is 6.07 Å². The maximum Gasteiger partial charge on any atom is 0.368 e. The van der Waals surface area contributed by atoms with Crippen LogP contribution in [0.15, 0.2) is 24.4 Å². The molecule has 0 fully saturated rings. The lowest BCUT2D eigenvalue weighted by Gasteiger charge is -1.96. The fourth-order valence-corrected chi connectivity index (χ4v) is 1.68. The predicted molar refractivity (Wildman–Crippen MR) is 49.9 cm³/mol. The van der Waals surface area contributed by atoms with Crippen LogP contribution in [0.25, 0.3) is 0 Å². The Balaban J connectivity index is 2.27. The average molecular weight is 262 g/mol. The van der Waals surface area contributed by atoms with E-state index in [1.165, 1.54) is 0 Å². The van der Waals surface area contributed by atoms with Gasteiger partial charge in [0.1, 0.15) is 0 Å². The number of hydrogen-bond donors (Lipinski definition) is 0. The number of pyridine rings is 1. The minimum Gasteiger partial charge on any atom is -0.433 e. The summed E-state index contributed by atoms with van der Waals surface area (Å²) in [7, 11) is 0. The van der Waals surface area contributed by atoms with Gasteiger partial charge in [-0.2, -0.15) is 4.57 Å². The molecule has 0 saturated carbocycles. The lowest BCUT2D eigenvalue weighted by Crippen LogP contribution is -2.32. The Morgan fingerprint density at radius 2 is 2.55 bits per heavy atom. The van der Waals surface area contributed by atoms with E-state index in [1.54, 1.807) is 0 Å². The van der Waals surface area contributed by atoms with Crippen LogP contribution >= 0.6 is 22.6 Å². The molecule has 0 N–H and O–H groups in total.